The summed E-state index contributed by atoms with van der Waals surface area (Å²) in [6.07, 6.45) is 4.87. The molecular formula is C12H19N3O. The Hall–Kier alpha value is -1.58. The third kappa shape index (κ3) is 2.72. The lowest BCUT2D eigenvalue weighted by Crippen LogP contribution is -2.25. The lowest BCUT2D eigenvalue weighted by atomic mass is 10.2. The highest BCUT2D eigenvalue weighted by molar-refractivity contribution is 5.96. The van der Waals surface area contributed by atoms with Crippen molar-refractivity contribution in [3.05, 3.63) is 29.1 Å². The Morgan fingerprint density at radius 2 is 2.19 bits per heavy atom. The molecule has 4 heteroatoms. The number of nitrogens with zero attached hydrogens (tertiary/aromatic N) is 2. The van der Waals surface area contributed by atoms with E-state index in [1.807, 2.05) is 40.0 Å². The number of hydrogen-bond acceptors (Lipinski definition) is 2. The Morgan fingerprint density at radius 1 is 1.50 bits per heavy atom. The number of carbonyl (C=O) groups excluding carboxylic acids is 1. The van der Waals surface area contributed by atoms with Crippen molar-refractivity contribution in [3.63, 3.8) is 0 Å². The normalized spacial score (nSPS) is 11.0. The van der Waals surface area contributed by atoms with E-state index < -0.39 is 0 Å². The monoisotopic (exact) mass is 221 g/mol. The molecule has 0 bridgehead atoms. The van der Waals surface area contributed by atoms with Crippen LogP contribution in [0.5, 0.6) is 0 Å². The molecule has 1 aromatic heterocycles. The van der Waals surface area contributed by atoms with Crippen LogP contribution in [0.25, 0.3) is 0 Å². The number of nitrogens with one attached hydrogen (secondary N) is 1. The molecule has 1 rings (SSSR count). The summed E-state index contributed by atoms with van der Waals surface area (Å²) in [5, 5.41) is 7.10. The topological polar surface area (TPSA) is 46.9 Å². The second kappa shape index (κ2) is 5.49. The van der Waals surface area contributed by atoms with Gasteiger partial charge < -0.3 is 5.32 Å². The van der Waals surface area contributed by atoms with E-state index in [0.717, 1.165) is 17.8 Å². The first kappa shape index (κ1) is 12.5. The second-order valence-electron chi connectivity index (χ2n) is 3.78. The van der Waals surface area contributed by atoms with Gasteiger partial charge in [-0.1, -0.05) is 12.2 Å². The summed E-state index contributed by atoms with van der Waals surface area (Å²) in [6, 6.07) is 0. The maximum atomic E-state index is 11.9. The van der Waals surface area contributed by atoms with Crippen LogP contribution < -0.4 is 5.32 Å². The molecule has 1 heterocycles. The number of hydrogen-bond donors (Lipinski definition) is 1. The van der Waals surface area contributed by atoms with E-state index >= 15 is 0 Å². The van der Waals surface area contributed by atoms with Gasteiger partial charge in [0.15, 0.2) is 0 Å². The number of aryl methyl sites for hydroxylation is 2. The van der Waals surface area contributed by atoms with Crippen molar-refractivity contribution >= 4 is 5.91 Å². The van der Waals surface area contributed by atoms with Crippen LogP contribution >= 0.6 is 0 Å². The molecule has 88 valence electrons. The van der Waals surface area contributed by atoms with Gasteiger partial charge >= 0.3 is 0 Å². The minimum atomic E-state index is -0.0346. The number of carbonyl (C=O) groups is 1. The average molecular weight is 221 g/mol. The van der Waals surface area contributed by atoms with Gasteiger partial charge in [0.05, 0.1) is 11.3 Å². The third-order valence-corrected chi connectivity index (χ3v) is 2.57. The first-order chi connectivity index (χ1) is 7.57. The molecule has 1 aromatic rings. The summed E-state index contributed by atoms with van der Waals surface area (Å²) in [6.45, 7) is 6.39. The van der Waals surface area contributed by atoms with E-state index in [4.69, 9.17) is 0 Å². The van der Waals surface area contributed by atoms with Crippen molar-refractivity contribution in [1.82, 2.24) is 15.1 Å². The van der Waals surface area contributed by atoms with Gasteiger partial charge in [-0.05, 0) is 27.2 Å². The lowest BCUT2D eigenvalue weighted by Gasteiger charge is -2.03. The van der Waals surface area contributed by atoms with Crippen molar-refractivity contribution in [2.24, 2.45) is 7.05 Å². The molecule has 1 amide bonds. The van der Waals surface area contributed by atoms with E-state index in [1.165, 1.54) is 0 Å². The Morgan fingerprint density at radius 3 is 2.69 bits per heavy atom. The van der Waals surface area contributed by atoms with E-state index in [-0.39, 0.29) is 5.91 Å². The summed E-state index contributed by atoms with van der Waals surface area (Å²) >= 11 is 0. The summed E-state index contributed by atoms with van der Waals surface area (Å²) in [5.74, 6) is -0.0346. The highest BCUT2D eigenvalue weighted by Gasteiger charge is 2.16. The van der Waals surface area contributed by atoms with E-state index in [9.17, 15) is 4.79 Å². The van der Waals surface area contributed by atoms with Crippen LogP contribution in [0, 0.1) is 13.8 Å². The molecule has 4 nitrogen and oxygen atoms in total. The summed E-state index contributed by atoms with van der Waals surface area (Å²) in [5.41, 5.74) is 2.38. The van der Waals surface area contributed by atoms with Gasteiger partial charge in [0.25, 0.3) is 5.91 Å². The Kier molecular flexibility index (Phi) is 4.28. The van der Waals surface area contributed by atoms with E-state index in [2.05, 4.69) is 10.4 Å². The molecule has 0 radical (unpaired) electrons. The van der Waals surface area contributed by atoms with Gasteiger partial charge in [-0.25, -0.2) is 0 Å². The highest BCUT2D eigenvalue weighted by atomic mass is 16.1. The van der Waals surface area contributed by atoms with E-state index in [1.54, 1.807) is 4.68 Å². The standard InChI is InChI=1S/C12H19N3O/c1-5-6-7-8-13-12(16)11-9(2)14-15(4)10(11)3/h5-6H,7-8H2,1-4H3,(H,13,16)/b6-5+. The van der Waals surface area contributed by atoms with Crippen molar-refractivity contribution in [2.75, 3.05) is 6.54 Å². The van der Waals surface area contributed by atoms with Crippen molar-refractivity contribution < 1.29 is 4.79 Å². The molecule has 0 aromatic carbocycles. The van der Waals surface area contributed by atoms with Crippen LogP contribution in [-0.2, 0) is 7.05 Å². The smallest absolute Gasteiger partial charge is 0.255 e. The molecular weight excluding hydrogens is 202 g/mol. The molecule has 0 fully saturated rings. The molecule has 0 spiro atoms. The molecule has 0 aliphatic heterocycles. The largest absolute Gasteiger partial charge is 0.352 e. The second-order valence-corrected chi connectivity index (χ2v) is 3.78. The molecule has 0 saturated carbocycles. The molecule has 0 unspecified atom stereocenters. The molecule has 1 N–H and O–H groups in total. The molecule has 0 saturated heterocycles. The Labute approximate surface area is 96.3 Å². The molecule has 0 aliphatic carbocycles. The lowest BCUT2D eigenvalue weighted by molar-refractivity contribution is 0.0953. The third-order valence-electron chi connectivity index (χ3n) is 2.57. The zero-order valence-electron chi connectivity index (χ0n) is 10.4. The molecule has 0 aliphatic rings. The zero-order valence-corrected chi connectivity index (χ0v) is 10.4. The molecule has 16 heavy (non-hydrogen) atoms. The number of allylic oxidation sites excluding steroid dienone is 1. The van der Waals surface area contributed by atoms with Crippen LogP contribution in [0.1, 0.15) is 35.1 Å². The minimum Gasteiger partial charge on any atom is -0.352 e. The zero-order chi connectivity index (χ0) is 12.1. The van der Waals surface area contributed by atoms with Crippen LogP contribution in [0.15, 0.2) is 12.2 Å². The predicted octanol–water partition coefficient (Wildman–Crippen LogP) is 1.73. The summed E-state index contributed by atoms with van der Waals surface area (Å²) in [7, 11) is 1.85. The number of rotatable bonds is 4. The van der Waals surface area contributed by atoms with Gasteiger partial charge in [0.1, 0.15) is 0 Å². The van der Waals surface area contributed by atoms with Crippen LogP contribution in [-0.4, -0.2) is 22.2 Å². The predicted molar refractivity (Wildman–Crippen MR) is 64.4 cm³/mol. The maximum absolute atomic E-state index is 11.9. The van der Waals surface area contributed by atoms with Gasteiger partial charge in [0.2, 0.25) is 0 Å². The van der Waals surface area contributed by atoms with Crippen LogP contribution in [0.3, 0.4) is 0 Å². The minimum absolute atomic E-state index is 0.0346. The number of aromatic nitrogens is 2. The quantitative estimate of drug-likeness (QED) is 0.621. The van der Waals surface area contributed by atoms with Crippen LogP contribution in [0.2, 0.25) is 0 Å². The van der Waals surface area contributed by atoms with Gasteiger partial charge in [-0.3, -0.25) is 9.48 Å². The molecule has 0 atom stereocenters. The van der Waals surface area contributed by atoms with Crippen molar-refractivity contribution in [3.8, 4) is 0 Å². The fourth-order valence-electron chi connectivity index (χ4n) is 1.63. The Balaban J connectivity index is 2.66. The van der Waals surface area contributed by atoms with Crippen LogP contribution in [0.4, 0.5) is 0 Å². The van der Waals surface area contributed by atoms with Gasteiger partial charge in [-0.2, -0.15) is 5.10 Å². The Bertz CT molecular complexity index is 405. The fraction of sp³-hybridized carbons (Fsp3) is 0.500. The van der Waals surface area contributed by atoms with E-state index in [0.29, 0.717) is 12.1 Å². The summed E-state index contributed by atoms with van der Waals surface area (Å²) < 4.78 is 1.73. The van der Waals surface area contributed by atoms with Crippen molar-refractivity contribution in [2.45, 2.75) is 27.2 Å². The highest BCUT2D eigenvalue weighted by Crippen LogP contribution is 2.11. The first-order valence-electron chi connectivity index (χ1n) is 5.47. The SMILES string of the molecule is C/C=C/CCNC(=O)c1c(C)nn(C)c1C. The number of amides is 1. The van der Waals surface area contributed by atoms with Gasteiger partial charge in [-0.15, -0.1) is 0 Å². The van der Waals surface area contributed by atoms with Crippen molar-refractivity contribution in [1.29, 1.82) is 0 Å². The summed E-state index contributed by atoms with van der Waals surface area (Å²) in [4.78, 5) is 11.9. The average Bonchev–Trinajstić information content (AvgIpc) is 2.48. The first-order valence-corrected chi connectivity index (χ1v) is 5.47. The van der Waals surface area contributed by atoms with Gasteiger partial charge in [0, 0.05) is 19.3 Å². The fourth-order valence-corrected chi connectivity index (χ4v) is 1.63. The maximum Gasteiger partial charge on any atom is 0.255 e.